The van der Waals surface area contributed by atoms with Crippen LogP contribution in [0, 0.1) is 0 Å². The van der Waals surface area contributed by atoms with Crippen molar-refractivity contribution in [2.45, 2.75) is 26.0 Å². The highest BCUT2D eigenvalue weighted by Crippen LogP contribution is 2.29. The molecule has 0 aromatic carbocycles. The minimum absolute atomic E-state index is 0.0649. The molecule has 0 spiro atoms. The second kappa shape index (κ2) is 3.61. The molecule has 1 aliphatic rings. The van der Waals surface area contributed by atoms with Crippen LogP contribution in [0.3, 0.4) is 0 Å². The van der Waals surface area contributed by atoms with Gasteiger partial charge in [-0.25, -0.2) is 4.79 Å². The van der Waals surface area contributed by atoms with Crippen LogP contribution in [-0.4, -0.2) is 23.6 Å². The second-order valence-corrected chi connectivity index (χ2v) is 4.61. The molecular weight excluding hydrogens is 198 g/mol. The first-order valence-corrected chi connectivity index (χ1v) is 5.57. The van der Waals surface area contributed by atoms with Gasteiger partial charge in [0.05, 0.1) is 6.54 Å². The van der Waals surface area contributed by atoms with E-state index in [1.165, 1.54) is 0 Å². The van der Waals surface area contributed by atoms with Gasteiger partial charge in [-0.05, 0) is 25.3 Å². The van der Waals surface area contributed by atoms with Gasteiger partial charge >= 0.3 is 6.09 Å². The third kappa shape index (κ3) is 1.62. The van der Waals surface area contributed by atoms with Crippen molar-refractivity contribution in [3.8, 4) is 0 Å². The third-order valence-electron chi connectivity index (χ3n) is 2.32. The smallest absolute Gasteiger partial charge is 0.410 e. The molecule has 0 aliphatic carbocycles. The lowest BCUT2D eigenvalue weighted by Crippen LogP contribution is -2.31. The Morgan fingerprint density at radius 1 is 1.64 bits per heavy atom. The molecule has 1 amide bonds. The quantitative estimate of drug-likeness (QED) is 0.752. The van der Waals surface area contributed by atoms with Gasteiger partial charge in [-0.3, -0.25) is 0 Å². The number of cyclic esters (lactones) is 1. The number of carbonyl (C=O) groups is 1. The van der Waals surface area contributed by atoms with Crippen LogP contribution in [-0.2, 0) is 4.74 Å². The lowest BCUT2D eigenvalue weighted by Gasteiger charge is -2.16. The molecule has 1 saturated heterocycles. The number of rotatable bonds is 2. The average Bonchev–Trinajstić information content (AvgIpc) is 2.70. The standard InChI is InChI=1S/C10H13NO2S/c1-7(2)11-6-8(13-10(11)12)9-4-3-5-14-9/h3-5,7-8H,6H2,1-2H3/t8-/m1/s1. The van der Waals surface area contributed by atoms with E-state index < -0.39 is 0 Å². The van der Waals surface area contributed by atoms with Gasteiger partial charge in [0.15, 0.2) is 6.10 Å². The molecule has 2 rings (SSSR count). The van der Waals surface area contributed by atoms with Crippen molar-refractivity contribution in [2.24, 2.45) is 0 Å². The Hall–Kier alpha value is -1.03. The number of hydrogen-bond donors (Lipinski definition) is 0. The van der Waals surface area contributed by atoms with Crippen LogP contribution < -0.4 is 0 Å². The Bertz CT molecular complexity index is 321. The van der Waals surface area contributed by atoms with Crippen molar-refractivity contribution in [1.82, 2.24) is 4.90 Å². The van der Waals surface area contributed by atoms with Crippen LogP contribution in [0.15, 0.2) is 17.5 Å². The molecule has 2 heterocycles. The zero-order chi connectivity index (χ0) is 10.1. The fraction of sp³-hybridized carbons (Fsp3) is 0.500. The molecule has 1 atom stereocenters. The molecule has 1 aromatic rings. The Morgan fingerprint density at radius 3 is 2.93 bits per heavy atom. The summed E-state index contributed by atoms with van der Waals surface area (Å²) in [5.41, 5.74) is 0. The van der Waals surface area contributed by atoms with E-state index in [9.17, 15) is 4.79 Å². The summed E-state index contributed by atoms with van der Waals surface area (Å²) in [6, 6.07) is 4.20. The van der Waals surface area contributed by atoms with Crippen molar-refractivity contribution in [3.05, 3.63) is 22.4 Å². The van der Waals surface area contributed by atoms with E-state index in [0.717, 1.165) is 4.88 Å². The van der Waals surface area contributed by atoms with Gasteiger partial charge in [0.1, 0.15) is 0 Å². The fourth-order valence-corrected chi connectivity index (χ4v) is 2.27. The molecule has 3 nitrogen and oxygen atoms in total. The maximum absolute atomic E-state index is 11.4. The molecule has 1 fully saturated rings. The van der Waals surface area contributed by atoms with Gasteiger partial charge in [0.2, 0.25) is 0 Å². The highest BCUT2D eigenvalue weighted by atomic mass is 32.1. The van der Waals surface area contributed by atoms with Crippen LogP contribution in [0.25, 0.3) is 0 Å². The molecule has 0 radical (unpaired) electrons. The summed E-state index contributed by atoms with van der Waals surface area (Å²) in [7, 11) is 0. The zero-order valence-electron chi connectivity index (χ0n) is 8.27. The maximum Gasteiger partial charge on any atom is 0.410 e. The lowest BCUT2D eigenvalue weighted by atomic mass is 10.2. The van der Waals surface area contributed by atoms with Crippen molar-refractivity contribution < 1.29 is 9.53 Å². The van der Waals surface area contributed by atoms with Crippen molar-refractivity contribution in [3.63, 3.8) is 0 Å². The molecule has 4 heteroatoms. The summed E-state index contributed by atoms with van der Waals surface area (Å²) in [5.74, 6) is 0. The molecule has 14 heavy (non-hydrogen) atoms. The Balaban J connectivity index is 2.10. The van der Waals surface area contributed by atoms with E-state index in [4.69, 9.17) is 4.74 Å². The molecule has 0 unspecified atom stereocenters. The second-order valence-electron chi connectivity index (χ2n) is 3.63. The summed E-state index contributed by atoms with van der Waals surface area (Å²) in [6.45, 7) is 4.67. The van der Waals surface area contributed by atoms with E-state index in [1.54, 1.807) is 16.2 Å². The first-order chi connectivity index (χ1) is 6.68. The topological polar surface area (TPSA) is 29.5 Å². The lowest BCUT2D eigenvalue weighted by molar-refractivity contribution is 0.131. The average molecular weight is 211 g/mol. The van der Waals surface area contributed by atoms with Crippen molar-refractivity contribution in [2.75, 3.05) is 6.54 Å². The number of nitrogens with zero attached hydrogens (tertiary/aromatic N) is 1. The molecule has 1 aliphatic heterocycles. The van der Waals surface area contributed by atoms with Crippen molar-refractivity contribution in [1.29, 1.82) is 0 Å². The molecular formula is C10H13NO2S. The van der Waals surface area contributed by atoms with Crippen LogP contribution >= 0.6 is 11.3 Å². The van der Waals surface area contributed by atoms with Crippen molar-refractivity contribution >= 4 is 17.4 Å². The van der Waals surface area contributed by atoms with Gasteiger partial charge in [-0.2, -0.15) is 0 Å². The van der Waals surface area contributed by atoms with Gasteiger partial charge < -0.3 is 9.64 Å². The van der Waals surface area contributed by atoms with E-state index in [-0.39, 0.29) is 18.2 Å². The number of hydrogen-bond acceptors (Lipinski definition) is 3. The Labute approximate surface area is 87.3 Å². The minimum atomic E-state index is -0.196. The molecule has 76 valence electrons. The molecule has 1 aromatic heterocycles. The fourth-order valence-electron chi connectivity index (χ4n) is 1.52. The largest absolute Gasteiger partial charge is 0.438 e. The monoisotopic (exact) mass is 211 g/mol. The number of ether oxygens (including phenoxy) is 1. The summed E-state index contributed by atoms with van der Waals surface area (Å²) >= 11 is 1.63. The number of amides is 1. The summed E-state index contributed by atoms with van der Waals surface area (Å²) in [6.07, 6.45) is -0.261. The van der Waals surface area contributed by atoms with Gasteiger partial charge in [0.25, 0.3) is 0 Å². The highest BCUT2D eigenvalue weighted by molar-refractivity contribution is 7.10. The predicted octanol–water partition coefficient (Wildman–Crippen LogP) is 2.65. The Kier molecular flexibility index (Phi) is 2.46. The summed E-state index contributed by atoms with van der Waals surface area (Å²) in [4.78, 5) is 14.3. The normalized spacial score (nSPS) is 21.8. The predicted molar refractivity (Wildman–Crippen MR) is 55.4 cm³/mol. The van der Waals surface area contributed by atoms with Gasteiger partial charge in [-0.15, -0.1) is 11.3 Å². The van der Waals surface area contributed by atoms with E-state index in [1.807, 2.05) is 31.4 Å². The zero-order valence-corrected chi connectivity index (χ0v) is 9.08. The van der Waals surface area contributed by atoms with Crippen LogP contribution in [0.4, 0.5) is 4.79 Å². The Morgan fingerprint density at radius 2 is 2.43 bits per heavy atom. The van der Waals surface area contributed by atoms with E-state index in [0.29, 0.717) is 6.54 Å². The summed E-state index contributed by atoms with van der Waals surface area (Å²) < 4.78 is 5.28. The van der Waals surface area contributed by atoms with E-state index >= 15 is 0 Å². The maximum atomic E-state index is 11.4. The number of carbonyl (C=O) groups excluding carboxylic acids is 1. The van der Waals surface area contributed by atoms with Crippen LogP contribution in [0.5, 0.6) is 0 Å². The van der Waals surface area contributed by atoms with Crippen LogP contribution in [0.1, 0.15) is 24.8 Å². The first kappa shape index (κ1) is 9.52. The highest BCUT2D eigenvalue weighted by Gasteiger charge is 2.34. The van der Waals surface area contributed by atoms with Gasteiger partial charge in [0, 0.05) is 10.9 Å². The minimum Gasteiger partial charge on any atom is -0.438 e. The van der Waals surface area contributed by atoms with Crippen LogP contribution in [0.2, 0.25) is 0 Å². The molecule has 0 saturated carbocycles. The molecule has 0 bridgehead atoms. The summed E-state index contributed by atoms with van der Waals surface area (Å²) in [5, 5.41) is 2.00. The SMILES string of the molecule is CC(C)N1C[C@H](c2cccs2)OC1=O. The van der Waals surface area contributed by atoms with Gasteiger partial charge in [-0.1, -0.05) is 6.07 Å². The third-order valence-corrected chi connectivity index (χ3v) is 3.29. The first-order valence-electron chi connectivity index (χ1n) is 4.69. The molecule has 0 N–H and O–H groups in total. The van der Waals surface area contributed by atoms with E-state index in [2.05, 4.69) is 0 Å². The number of thiophene rings is 1.